The Bertz CT molecular complexity index is 1000. The topological polar surface area (TPSA) is 120 Å². The van der Waals surface area contributed by atoms with Crippen LogP contribution in [0.3, 0.4) is 0 Å². The van der Waals surface area contributed by atoms with Gasteiger partial charge in [0.05, 0.1) is 0 Å². The fourth-order valence-corrected chi connectivity index (χ4v) is 7.45. The minimum atomic E-state index is -0.767. The maximum absolute atomic E-state index is 13.2. The van der Waals surface area contributed by atoms with Gasteiger partial charge in [0, 0.05) is 44.3 Å². The second-order valence-electron chi connectivity index (χ2n) is 11.9. The van der Waals surface area contributed by atoms with E-state index in [1.807, 2.05) is 19.1 Å². The molecule has 2 aliphatic rings. The first kappa shape index (κ1) is 34.2. The third-order valence-corrected chi connectivity index (χ3v) is 10.6. The number of likely N-dealkylation sites (N-methyl/N-ethyl adjacent to an activating group) is 2. The standard InChI is InChI=1S/C32H54N6O3S/c1-6-37(7-2)20-19-34-28(39)14-10-12-24-15-17-25(18-16-24)35-21-27-31(41)38(8-3)32(42-27)29(33)30(40)36-26-13-9-11-22(4)23(26)5/h15-18,22-23,26-27,29,32,35H,6-14,19-21,33H2,1-5H3,(H,34,39)(H,36,40)/t22?,23?,26?,27-,29-,32?/m1/s1. The number of amides is 3. The molecule has 1 heterocycles. The zero-order valence-corrected chi connectivity index (χ0v) is 27.2. The summed E-state index contributed by atoms with van der Waals surface area (Å²) in [7, 11) is 0. The molecule has 236 valence electrons. The molecule has 1 saturated heterocycles. The van der Waals surface area contributed by atoms with Gasteiger partial charge >= 0.3 is 0 Å². The van der Waals surface area contributed by atoms with Crippen molar-refractivity contribution in [1.82, 2.24) is 20.4 Å². The fraction of sp³-hybridized carbons (Fsp3) is 0.719. The lowest BCUT2D eigenvalue weighted by Crippen LogP contribution is -2.56. The summed E-state index contributed by atoms with van der Waals surface area (Å²) in [5, 5.41) is 8.93. The van der Waals surface area contributed by atoms with Crippen LogP contribution < -0.4 is 21.7 Å². The summed E-state index contributed by atoms with van der Waals surface area (Å²) in [6, 6.07) is 7.55. The van der Waals surface area contributed by atoms with E-state index in [0.717, 1.165) is 51.0 Å². The molecule has 3 rings (SSSR count). The third-order valence-electron chi connectivity index (χ3n) is 9.11. The SMILES string of the molecule is CCN(CC)CCNC(=O)CCCc1ccc(NC[C@H]2SC([C@H](N)C(=O)NC3CCCC(C)C3C)N(CC)C2=O)cc1. The van der Waals surface area contributed by atoms with Crippen LogP contribution in [0, 0.1) is 11.8 Å². The molecule has 5 N–H and O–H groups in total. The van der Waals surface area contributed by atoms with Gasteiger partial charge in [-0.2, -0.15) is 0 Å². The number of thioether (sulfide) groups is 1. The first-order valence-corrected chi connectivity index (χ1v) is 17.0. The van der Waals surface area contributed by atoms with E-state index in [1.165, 1.54) is 23.7 Å². The highest BCUT2D eigenvalue weighted by atomic mass is 32.2. The number of carbonyl (C=O) groups is 3. The second-order valence-corrected chi connectivity index (χ2v) is 13.2. The van der Waals surface area contributed by atoms with Gasteiger partial charge in [-0.15, -0.1) is 11.8 Å². The van der Waals surface area contributed by atoms with Crippen molar-refractivity contribution < 1.29 is 14.4 Å². The molecule has 42 heavy (non-hydrogen) atoms. The van der Waals surface area contributed by atoms with Crippen LogP contribution in [0.25, 0.3) is 0 Å². The maximum atomic E-state index is 13.2. The minimum Gasteiger partial charge on any atom is -0.383 e. The number of carbonyl (C=O) groups excluding carboxylic acids is 3. The molecule has 4 unspecified atom stereocenters. The molecule has 10 heteroatoms. The van der Waals surface area contributed by atoms with Crippen LogP contribution in [-0.4, -0.2) is 89.5 Å². The van der Waals surface area contributed by atoms with Gasteiger partial charge in [0.25, 0.3) is 0 Å². The molecule has 0 radical (unpaired) electrons. The van der Waals surface area contributed by atoms with Crippen molar-refractivity contribution in [3.05, 3.63) is 29.8 Å². The van der Waals surface area contributed by atoms with Gasteiger partial charge in [-0.3, -0.25) is 14.4 Å². The Labute approximate surface area is 257 Å². The molecule has 0 bridgehead atoms. The monoisotopic (exact) mass is 602 g/mol. The van der Waals surface area contributed by atoms with Crippen LogP contribution in [0.4, 0.5) is 5.69 Å². The Morgan fingerprint density at radius 1 is 1.12 bits per heavy atom. The average molecular weight is 603 g/mol. The Balaban J connectivity index is 1.42. The number of hydrogen-bond donors (Lipinski definition) is 4. The van der Waals surface area contributed by atoms with Crippen LogP contribution in [0.5, 0.6) is 0 Å². The number of nitrogens with one attached hydrogen (secondary N) is 3. The lowest BCUT2D eigenvalue weighted by atomic mass is 9.78. The van der Waals surface area contributed by atoms with Gasteiger partial charge in [0.2, 0.25) is 17.7 Å². The first-order chi connectivity index (χ1) is 20.2. The van der Waals surface area contributed by atoms with Crippen molar-refractivity contribution in [2.75, 3.05) is 44.6 Å². The molecule has 1 aliphatic carbocycles. The quantitative estimate of drug-likeness (QED) is 0.229. The highest BCUT2D eigenvalue weighted by molar-refractivity contribution is 8.01. The van der Waals surface area contributed by atoms with Crippen LogP contribution >= 0.6 is 11.8 Å². The average Bonchev–Trinajstić information content (AvgIpc) is 3.31. The van der Waals surface area contributed by atoms with Crippen LogP contribution in [0.15, 0.2) is 24.3 Å². The van der Waals surface area contributed by atoms with E-state index in [1.54, 1.807) is 4.90 Å². The molecule has 1 aromatic rings. The van der Waals surface area contributed by atoms with Crippen molar-refractivity contribution >= 4 is 35.2 Å². The number of hydrogen-bond acceptors (Lipinski definition) is 7. The lowest BCUT2D eigenvalue weighted by Gasteiger charge is -2.36. The molecule has 6 atom stereocenters. The van der Waals surface area contributed by atoms with Crippen LogP contribution in [0.1, 0.15) is 72.3 Å². The molecule has 0 aromatic heterocycles. The Kier molecular flexibility index (Phi) is 13.9. The van der Waals surface area contributed by atoms with Gasteiger partial charge in [-0.05, 0) is 68.8 Å². The van der Waals surface area contributed by atoms with E-state index >= 15 is 0 Å². The number of anilines is 1. The van der Waals surface area contributed by atoms with Crippen molar-refractivity contribution in [2.45, 2.75) is 95.9 Å². The van der Waals surface area contributed by atoms with Crippen molar-refractivity contribution in [2.24, 2.45) is 17.6 Å². The number of rotatable bonds is 16. The van der Waals surface area contributed by atoms with E-state index in [2.05, 4.69) is 60.7 Å². The molecule has 3 amide bonds. The number of benzene rings is 1. The van der Waals surface area contributed by atoms with Crippen molar-refractivity contribution in [3.63, 3.8) is 0 Å². The molecular formula is C32H54N6O3S. The molecule has 2 fully saturated rings. The van der Waals surface area contributed by atoms with Gasteiger partial charge in [-0.25, -0.2) is 0 Å². The van der Waals surface area contributed by atoms with Gasteiger partial charge in [-0.1, -0.05) is 52.7 Å². The molecule has 9 nitrogen and oxygen atoms in total. The predicted octanol–water partition coefficient (Wildman–Crippen LogP) is 3.44. The summed E-state index contributed by atoms with van der Waals surface area (Å²) in [6.07, 6.45) is 5.46. The fourth-order valence-electron chi connectivity index (χ4n) is 5.99. The van der Waals surface area contributed by atoms with Crippen molar-refractivity contribution in [1.29, 1.82) is 0 Å². The highest BCUT2D eigenvalue weighted by Gasteiger charge is 2.44. The Morgan fingerprint density at radius 2 is 1.83 bits per heavy atom. The summed E-state index contributed by atoms with van der Waals surface area (Å²) in [5.41, 5.74) is 8.59. The zero-order chi connectivity index (χ0) is 30.6. The van der Waals surface area contributed by atoms with Gasteiger partial charge < -0.3 is 31.5 Å². The largest absolute Gasteiger partial charge is 0.383 e. The van der Waals surface area contributed by atoms with E-state index in [-0.39, 0.29) is 34.4 Å². The van der Waals surface area contributed by atoms with E-state index in [4.69, 9.17) is 5.73 Å². The van der Waals surface area contributed by atoms with Crippen LogP contribution in [0.2, 0.25) is 0 Å². The van der Waals surface area contributed by atoms with Crippen molar-refractivity contribution in [3.8, 4) is 0 Å². The first-order valence-electron chi connectivity index (χ1n) is 16.0. The Morgan fingerprint density at radius 3 is 2.50 bits per heavy atom. The summed E-state index contributed by atoms with van der Waals surface area (Å²) in [5.74, 6) is 0.971. The molecule has 1 aliphatic heterocycles. The van der Waals surface area contributed by atoms with E-state index in [9.17, 15) is 14.4 Å². The number of aryl methyl sites for hydroxylation is 1. The van der Waals surface area contributed by atoms with E-state index < -0.39 is 6.04 Å². The van der Waals surface area contributed by atoms with Crippen LogP contribution in [-0.2, 0) is 20.8 Å². The lowest BCUT2D eigenvalue weighted by molar-refractivity contribution is -0.131. The third kappa shape index (κ3) is 9.61. The zero-order valence-electron chi connectivity index (χ0n) is 26.4. The Hall–Kier alpha value is -2.30. The molecule has 0 spiro atoms. The molecule has 1 aromatic carbocycles. The molecular weight excluding hydrogens is 548 g/mol. The second kappa shape index (κ2) is 17.1. The molecule has 1 saturated carbocycles. The number of nitrogens with two attached hydrogens (primary N) is 1. The summed E-state index contributed by atoms with van der Waals surface area (Å²) in [6.45, 7) is 15.2. The summed E-state index contributed by atoms with van der Waals surface area (Å²) >= 11 is 1.48. The normalized spacial score (nSPS) is 25.0. The predicted molar refractivity (Wildman–Crippen MR) is 173 cm³/mol. The summed E-state index contributed by atoms with van der Waals surface area (Å²) in [4.78, 5) is 42.5. The van der Waals surface area contributed by atoms with E-state index in [0.29, 0.717) is 37.9 Å². The summed E-state index contributed by atoms with van der Waals surface area (Å²) < 4.78 is 0. The van der Waals surface area contributed by atoms with Gasteiger partial charge in [0.1, 0.15) is 16.7 Å². The van der Waals surface area contributed by atoms with Gasteiger partial charge in [0.15, 0.2) is 0 Å². The maximum Gasteiger partial charge on any atom is 0.240 e. The minimum absolute atomic E-state index is 0.0231. The number of nitrogens with zero attached hydrogens (tertiary/aromatic N) is 2. The smallest absolute Gasteiger partial charge is 0.240 e. The highest BCUT2D eigenvalue weighted by Crippen LogP contribution is 2.34.